The molecule has 1 aliphatic carbocycles. The van der Waals surface area contributed by atoms with Crippen LogP contribution in [0.3, 0.4) is 0 Å². The maximum Gasteiger partial charge on any atom is 0.293 e. The molecule has 4 atom stereocenters. The number of hydrogen-bond acceptors (Lipinski definition) is 7. The maximum absolute atomic E-state index is 10.4. The fourth-order valence-electron chi connectivity index (χ4n) is 3.64. The van der Waals surface area contributed by atoms with E-state index in [2.05, 4.69) is 53.2 Å². The third-order valence-corrected chi connectivity index (χ3v) is 5.89. The molecule has 3 rings (SSSR count). The lowest BCUT2D eigenvalue weighted by Gasteiger charge is -2.12. The Morgan fingerprint density at radius 1 is 1.18 bits per heavy atom. The van der Waals surface area contributed by atoms with Gasteiger partial charge in [0.05, 0.1) is 12.4 Å². The number of aromatic nitrogens is 4. The van der Waals surface area contributed by atoms with E-state index in [0.717, 1.165) is 36.8 Å². The van der Waals surface area contributed by atoms with Gasteiger partial charge in [0.2, 0.25) is 0 Å². The number of hydrogen-bond donors (Lipinski definition) is 2. The van der Waals surface area contributed by atoms with Crippen molar-refractivity contribution in [1.29, 1.82) is 5.26 Å². The largest absolute Gasteiger partial charge is 0.465 e. The molecule has 1 aliphatic rings. The molecule has 182 valence electrons. The van der Waals surface area contributed by atoms with E-state index in [4.69, 9.17) is 10.00 Å². The highest BCUT2D eigenvalue weighted by molar-refractivity contribution is 5.51. The minimum Gasteiger partial charge on any atom is -0.465 e. The summed E-state index contributed by atoms with van der Waals surface area (Å²) in [7, 11) is 0. The molecule has 1 saturated carbocycles. The van der Waals surface area contributed by atoms with Gasteiger partial charge < -0.3 is 10.1 Å². The van der Waals surface area contributed by atoms with Crippen LogP contribution in [0.4, 0.5) is 11.6 Å². The predicted octanol–water partition coefficient (Wildman–Crippen LogP) is 6.12. The van der Waals surface area contributed by atoms with Crippen molar-refractivity contribution in [3.63, 3.8) is 0 Å². The SMILES string of the molecule is CC.CCC(C)CC(C)CC.N#Cc1cnc(Nc2cc(C3CCC(OC=O)C3)[nH]n2)cn1. The van der Waals surface area contributed by atoms with E-state index in [-0.39, 0.29) is 11.8 Å². The number of aromatic amines is 1. The number of ether oxygens (including phenoxy) is 1. The van der Waals surface area contributed by atoms with Crippen molar-refractivity contribution >= 4 is 18.1 Å². The second-order valence-corrected chi connectivity index (χ2v) is 8.36. The Hall–Kier alpha value is -2.95. The Morgan fingerprint density at radius 3 is 2.42 bits per heavy atom. The number of rotatable bonds is 9. The van der Waals surface area contributed by atoms with Crippen LogP contribution < -0.4 is 5.32 Å². The Kier molecular flexibility index (Phi) is 13.4. The highest BCUT2D eigenvalue weighted by atomic mass is 16.5. The molecule has 0 amide bonds. The van der Waals surface area contributed by atoms with Crippen LogP contribution in [0.1, 0.15) is 97.4 Å². The summed E-state index contributed by atoms with van der Waals surface area (Å²) in [6.45, 7) is 13.7. The zero-order chi connectivity index (χ0) is 24.6. The van der Waals surface area contributed by atoms with Crippen molar-refractivity contribution in [2.45, 2.75) is 92.1 Å². The summed E-state index contributed by atoms with van der Waals surface area (Å²) >= 11 is 0. The lowest BCUT2D eigenvalue weighted by Crippen LogP contribution is -2.06. The number of nitrogens with one attached hydrogen (secondary N) is 2. The highest BCUT2D eigenvalue weighted by Gasteiger charge is 2.28. The average Bonchev–Trinajstić information content (AvgIpc) is 3.51. The van der Waals surface area contributed by atoms with Crippen molar-refractivity contribution in [2.75, 3.05) is 5.32 Å². The molecule has 0 aromatic carbocycles. The summed E-state index contributed by atoms with van der Waals surface area (Å²) in [5, 5.41) is 18.9. The Bertz CT molecular complexity index is 822. The highest BCUT2D eigenvalue weighted by Crippen LogP contribution is 2.35. The molecule has 4 unspecified atom stereocenters. The number of carbonyl (C=O) groups is 1. The number of carbonyl (C=O) groups excluding carboxylic acids is 1. The molecule has 2 aromatic rings. The summed E-state index contributed by atoms with van der Waals surface area (Å²) in [6, 6.07) is 3.82. The van der Waals surface area contributed by atoms with Gasteiger partial charge in [0.15, 0.2) is 11.5 Å². The summed E-state index contributed by atoms with van der Waals surface area (Å²) in [5.41, 5.74) is 1.27. The number of nitrogens with zero attached hydrogens (tertiary/aromatic N) is 4. The molecule has 0 aliphatic heterocycles. The molecule has 1 fully saturated rings. The van der Waals surface area contributed by atoms with Gasteiger partial charge in [-0.3, -0.25) is 9.89 Å². The van der Waals surface area contributed by atoms with Crippen LogP contribution in [0.15, 0.2) is 18.5 Å². The molecule has 8 heteroatoms. The van der Waals surface area contributed by atoms with Crippen LogP contribution in [0, 0.1) is 23.2 Å². The molecular formula is C25H40N6O2. The smallest absolute Gasteiger partial charge is 0.293 e. The molecule has 33 heavy (non-hydrogen) atoms. The van der Waals surface area contributed by atoms with Crippen molar-refractivity contribution in [1.82, 2.24) is 20.2 Å². The normalized spacial score (nSPS) is 18.5. The van der Waals surface area contributed by atoms with Gasteiger partial charge in [0, 0.05) is 17.7 Å². The first-order valence-corrected chi connectivity index (χ1v) is 12.1. The van der Waals surface area contributed by atoms with Crippen LogP contribution in [0.5, 0.6) is 0 Å². The van der Waals surface area contributed by atoms with Crippen LogP contribution >= 0.6 is 0 Å². The second-order valence-electron chi connectivity index (χ2n) is 8.36. The molecule has 2 aromatic heterocycles. The van der Waals surface area contributed by atoms with Gasteiger partial charge in [-0.2, -0.15) is 10.4 Å². The summed E-state index contributed by atoms with van der Waals surface area (Å²) in [5.74, 6) is 3.32. The zero-order valence-corrected chi connectivity index (χ0v) is 21.0. The molecule has 2 N–H and O–H groups in total. The fourth-order valence-corrected chi connectivity index (χ4v) is 3.64. The molecular weight excluding hydrogens is 416 g/mol. The quantitative estimate of drug-likeness (QED) is 0.437. The van der Waals surface area contributed by atoms with Gasteiger partial charge >= 0.3 is 0 Å². The number of nitriles is 1. The van der Waals surface area contributed by atoms with Crippen LogP contribution in [-0.4, -0.2) is 32.7 Å². The van der Waals surface area contributed by atoms with Gasteiger partial charge in [-0.15, -0.1) is 0 Å². The predicted molar refractivity (Wildman–Crippen MR) is 131 cm³/mol. The molecule has 0 spiro atoms. The van der Waals surface area contributed by atoms with Gasteiger partial charge in [-0.1, -0.05) is 54.4 Å². The van der Waals surface area contributed by atoms with Crippen LogP contribution in [-0.2, 0) is 9.53 Å². The minimum atomic E-state index is -0.00778. The lowest BCUT2D eigenvalue weighted by atomic mass is 9.94. The standard InChI is InChI=1S/C14H14N6O2.C9H20.C2H6/c15-5-10-6-17-14(7-16-10)18-13-4-12(19-20-13)9-1-2-11(3-9)22-8-21;1-5-8(3)7-9(4)6-2;1-2/h4,6-9,11H,1-3H2,(H2,17,18,19,20);8-9H,5-7H2,1-4H3;1-2H3. The van der Waals surface area contributed by atoms with Crippen molar-refractivity contribution in [2.24, 2.45) is 11.8 Å². The monoisotopic (exact) mass is 456 g/mol. The van der Waals surface area contributed by atoms with E-state index in [1.54, 1.807) is 0 Å². The average molecular weight is 457 g/mol. The maximum atomic E-state index is 10.4. The fraction of sp³-hybridized carbons (Fsp3) is 0.640. The Balaban J connectivity index is 0.000000420. The molecule has 0 bridgehead atoms. The van der Waals surface area contributed by atoms with Crippen LogP contribution in [0.2, 0.25) is 0 Å². The summed E-state index contributed by atoms with van der Waals surface area (Å²) < 4.78 is 5.00. The summed E-state index contributed by atoms with van der Waals surface area (Å²) in [4.78, 5) is 18.4. The Morgan fingerprint density at radius 2 is 1.88 bits per heavy atom. The summed E-state index contributed by atoms with van der Waals surface area (Å²) in [6.07, 6.45) is 9.58. The van der Waals surface area contributed by atoms with Crippen molar-refractivity contribution in [3.05, 3.63) is 29.8 Å². The third-order valence-electron chi connectivity index (χ3n) is 5.89. The molecule has 8 nitrogen and oxygen atoms in total. The third kappa shape index (κ3) is 10.0. The lowest BCUT2D eigenvalue weighted by molar-refractivity contribution is -0.133. The van der Waals surface area contributed by atoms with E-state index < -0.39 is 0 Å². The van der Waals surface area contributed by atoms with Gasteiger partial charge in [-0.25, -0.2) is 9.97 Å². The molecule has 0 saturated heterocycles. The topological polar surface area (TPSA) is 117 Å². The Labute approximate surface area is 198 Å². The van der Waals surface area contributed by atoms with Gasteiger partial charge in [0.1, 0.15) is 18.0 Å². The first-order valence-electron chi connectivity index (χ1n) is 12.1. The first kappa shape index (κ1) is 28.1. The van der Waals surface area contributed by atoms with E-state index in [1.807, 2.05) is 26.0 Å². The van der Waals surface area contributed by atoms with Crippen LogP contribution in [0.25, 0.3) is 0 Å². The van der Waals surface area contributed by atoms with E-state index in [0.29, 0.717) is 24.0 Å². The van der Waals surface area contributed by atoms with E-state index >= 15 is 0 Å². The second kappa shape index (κ2) is 15.8. The van der Waals surface area contributed by atoms with E-state index in [9.17, 15) is 4.79 Å². The first-order chi connectivity index (χ1) is 16.0. The van der Waals surface area contributed by atoms with E-state index in [1.165, 1.54) is 31.7 Å². The zero-order valence-electron chi connectivity index (χ0n) is 21.0. The molecule has 0 radical (unpaired) electrons. The minimum absolute atomic E-state index is 0.00778. The number of H-pyrrole nitrogens is 1. The van der Waals surface area contributed by atoms with Gasteiger partial charge in [-0.05, 0) is 37.5 Å². The van der Waals surface area contributed by atoms with Gasteiger partial charge in [0.25, 0.3) is 6.47 Å². The van der Waals surface area contributed by atoms with Crippen molar-refractivity contribution < 1.29 is 9.53 Å². The number of anilines is 2. The molecule has 2 heterocycles. The van der Waals surface area contributed by atoms with Crippen molar-refractivity contribution in [3.8, 4) is 6.07 Å².